The molecule has 1 spiro atoms. The molecule has 0 aromatic carbocycles. The lowest BCUT2D eigenvalue weighted by molar-refractivity contribution is 0.0555. The summed E-state index contributed by atoms with van der Waals surface area (Å²) in [7, 11) is 4.28. The fourth-order valence-electron chi connectivity index (χ4n) is 3.69. The summed E-state index contributed by atoms with van der Waals surface area (Å²) in [5.41, 5.74) is 0.209. The minimum atomic E-state index is 0.209. The Morgan fingerprint density at radius 2 is 2.04 bits per heavy atom. The molecular formula is C17H29N5O. The Labute approximate surface area is 139 Å². The zero-order valence-corrected chi connectivity index (χ0v) is 14.4. The van der Waals surface area contributed by atoms with E-state index in [9.17, 15) is 0 Å². The molecule has 0 amide bonds. The van der Waals surface area contributed by atoms with Crippen LogP contribution in [0.1, 0.15) is 12.8 Å². The second-order valence-corrected chi connectivity index (χ2v) is 7.21. The van der Waals surface area contributed by atoms with Gasteiger partial charge in [-0.05, 0) is 33.0 Å². The monoisotopic (exact) mass is 319 g/mol. The van der Waals surface area contributed by atoms with Crippen LogP contribution in [0.4, 0.5) is 5.95 Å². The number of piperidine rings is 1. The summed E-state index contributed by atoms with van der Waals surface area (Å²) in [6, 6.07) is 1.88. The molecule has 2 aliphatic heterocycles. The fourth-order valence-corrected chi connectivity index (χ4v) is 3.69. The third-order valence-corrected chi connectivity index (χ3v) is 4.88. The van der Waals surface area contributed by atoms with Gasteiger partial charge in [0.2, 0.25) is 5.95 Å². The zero-order chi connectivity index (χ0) is 16.1. The first-order valence-electron chi connectivity index (χ1n) is 8.64. The molecule has 0 N–H and O–H groups in total. The number of rotatable bonds is 4. The van der Waals surface area contributed by atoms with Crippen LogP contribution in [-0.2, 0) is 4.74 Å². The Morgan fingerprint density at radius 1 is 1.22 bits per heavy atom. The summed E-state index contributed by atoms with van der Waals surface area (Å²) in [5.74, 6) is 0.857. The van der Waals surface area contributed by atoms with Gasteiger partial charge in [0.1, 0.15) is 0 Å². The highest BCUT2D eigenvalue weighted by Crippen LogP contribution is 2.34. The number of aromatic nitrogens is 2. The van der Waals surface area contributed by atoms with Gasteiger partial charge in [-0.15, -0.1) is 0 Å². The molecule has 2 saturated heterocycles. The second kappa shape index (κ2) is 7.55. The van der Waals surface area contributed by atoms with Crippen molar-refractivity contribution in [3.8, 4) is 0 Å². The molecule has 2 aliphatic rings. The summed E-state index contributed by atoms with van der Waals surface area (Å²) in [4.78, 5) is 16.0. The lowest BCUT2D eigenvalue weighted by Gasteiger charge is -2.43. The van der Waals surface area contributed by atoms with E-state index in [-0.39, 0.29) is 5.41 Å². The van der Waals surface area contributed by atoms with Gasteiger partial charge in [-0.3, -0.25) is 4.90 Å². The van der Waals surface area contributed by atoms with Crippen LogP contribution in [0, 0.1) is 5.41 Å². The third kappa shape index (κ3) is 4.40. The number of likely N-dealkylation sites (N-methyl/N-ethyl adjacent to an activating group) is 1. The van der Waals surface area contributed by atoms with Gasteiger partial charge in [0, 0.05) is 57.1 Å². The highest BCUT2D eigenvalue weighted by molar-refractivity contribution is 5.30. The SMILES string of the molecule is CN(C)CCN1CCOC[C@@]2(CCCN(c3ncccn3)C2)C1. The lowest BCUT2D eigenvalue weighted by atomic mass is 9.80. The van der Waals surface area contributed by atoms with E-state index in [2.05, 4.69) is 38.8 Å². The molecule has 0 saturated carbocycles. The van der Waals surface area contributed by atoms with Crippen LogP contribution in [-0.4, -0.2) is 86.3 Å². The van der Waals surface area contributed by atoms with Crippen molar-refractivity contribution in [3.05, 3.63) is 18.5 Å². The van der Waals surface area contributed by atoms with E-state index in [0.29, 0.717) is 0 Å². The van der Waals surface area contributed by atoms with E-state index < -0.39 is 0 Å². The van der Waals surface area contributed by atoms with Gasteiger partial charge in [-0.2, -0.15) is 0 Å². The smallest absolute Gasteiger partial charge is 0.225 e. The number of nitrogens with zero attached hydrogens (tertiary/aromatic N) is 5. The van der Waals surface area contributed by atoms with Crippen LogP contribution >= 0.6 is 0 Å². The average Bonchev–Trinajstić information content (AvgIpc) is 2.76. The topological polar surface area (TPSA) is 44.7 Å². The first-order chi connectivity index (χ1) is 11.2. The summed E-state index contributed by atoms with van der Waals surface area (Å²) in [6.45, 7) is 8.11. The van der Waals surface area contributed by atoms with Gasteiger partial charge in [0.25, 0.3) is 0 Å². The largest absolute Gasteiger partial charge is 0.379 e. The van der Waals surface area contributed by atoms with Crippen LogP contribution < -0.4 is 4.90 Å². The van der Waals surface area contributed by atoms with E-state index in [0.717, 1.165) is 58.4 Å². The molecule has 1 atom stereocenters. The molecule has 6 nitrogen and oxygen atoms in total. The molecule has 0 radical (unpaired) electrons. The van der Waals surface area contributed by atoms with Crippen molar-refractivity contribution in [3.63, 3.8) is 0 Å². The van der Waals surface area contributed by atoms with Crippen molar-refractivity contribution in [1.82, 2.24) is 19.8 Å². The lowest BCUT2D eigenvalue weighted by Crippen LogP contribution is -2.51. The van der Waals surface area contributed by atoms with Crippen molar-refractivity contribution < 1.29 is 4.74 Å². The molecule has 6 heteroatoms. The zero-order valence-electron chi connectivity index (χ0n) is 14.4. The molecule has 128 valence electrons. The molecule has 0 unspecified atom stereocenters. The van der Waals surface area contributed by atoms with Crippen LogP contribution in [0.5, 0.6) is 0 Å². The van der Waals surface area contributed by atoms with E-state index in [1.54, 1.807) is 0 Å². The average molecular weight is 319 g/mol. The maximum Gasteiger partial charge on any atom is 0.225 e. The van der Waals surface area contributed by atoms with Crippen molar-refractivity contribution in [2.24, 2.45) is 5.41 Å². The Bertz CT molecular complexity index is 483. The number of hydrogen-bond acceptors (Lipinski definition) is 6. The molecule has 1 aromatic rings. The Kier molecular flexibility index (Phi) is 5.46. The third-order valence-electron chi connectivity index (χ3n) is 4.88. The molecular weight excluding hydrogens is 290 g/mol. The van der Waals surface area contributed by atoms with Crippen LogP contribution in [0.15, 0.2) is 18.5 Å². The van der Waals surface area contributed by atoms with Gasteiger partial charge in [0.15, 0.2) is 0 Å². The van der Waals surface area contributed by atoms with E-state index in [1.165, 1.54) is 12.8 Å². The molecule has 0 aliphatic carbocycles. The summed E-state index contributed by atoms with van der Waals surface area (Å²) in [5, 5.41) is 0. The van der Waals surface area contributed by atoms with Crippen LogP contribution in [0.2, 0.25) is 0 Å². The highest BCUT2D eigenvalue weighted by atomic mass is 16.5. The number of anilines is 1. The minimum Gasteiger partial charge on any atom is -0.379 e. The van der Waals surface area contributed by atoms with Crippen molar-refractivity contribution in [2.45, 2.75) is 12.8 Å². The van der Waals surface area contributed by atoms with Crippen molar-refractivity contribution >= 4 is 5.95 Å². The van der Waals surface area contributed by atoms with Crippen LogP contribution in [0.3, 0.4) is 0 Å². The Morgan fingerprint density at radius 3 is 2.83 bits per heavy atom. The van der Waals surface area contributed by atoms with Gasteiger partial charge < -0.3 is 14.5 Å². The molecule has 2 fully saturated rings. The van der Waals surface area contributed by atoms with Crippen molar-refractivity contribution in [1.29, 1.82) is 0 Å². The Hall–Kier alpha value is -1.24. The van der Waals surface area contributed by atoms with Gasteiger partial charge in [0.05, 0.1) is 13.2 Å². The van der Waals surface area contributed by atoms with E-state index in [1.807, 2.05) is 18.5 Å². The molecule has 3 rings (SSSR count). The molecule has 1 aromatic heterocycles. The Balaban J connectivity index is 1.68. The summed E-state index contributed by atoms with van der Waals surface area (Å²) >= 11 is 0. The highest BCUT2D eigenvalue weighted by Gasteiger charge is 2.39. The molecule has 0 bridgehead atoms. The standard InChI is InChI=1S/C17H29N5O/c1-20(2)9-10-21-11-12-23-15-17(13-21)5-3-8-22(14-17)16-18-6-4-7-19-16/h4,6-7H,3,5,8-15H2,1-2H3/t17-/m0/s1. The summed E-state index contributed by atoms with van der Waals surface area (Å²) < 4.78 is 5.99. The maximum atomic E-state index is 5.99. The number of ether oxygens (including phenoxy) is 1. The predicted molar refractivity (Wildman–Crippen MR) is 91.7 cm³/mol. The van der Waals surface area contributed by atoms with Gasteiger partial charge in [-0.1, -0.05) is 0 Å². The molecule has 23 heavy (non-hydrogen) atoms. The number of hydrogen-bond donors (Lipinski definition) is 0. The first-order valence-corrected chi connectivity index (χ1v) is 8.64. The van der Waals surface area contributed by atoms with Crippen LogP contribution in [0.25, 0.3) is 0 Å². The second-order valence-electron chi connectivity index (χ2n) is 7.21. The fraction of sp³-hybridized carbons (Fsp3) is 0.765. The van der Waals surface area contributed by atoms with Gasteiger partial charge >= 0.3 is 0 Å². The maximum absolute atomic E-state index is 5.99. The first kappa shape index (κ1) is 16.6. The van der Waals surface area contributed by atoms with E-state index in [4.69, 9.17) is 4.74 Å². The van der Waals surface area contributed by atoms with Crippen molar-refractivity contribution in [2.75, 3.05) is 71.5 Å². The minimum absolute atomic E-state index is 0.209. The summed E-state index contributed by atoms with van der Waals surface area (Å²) in [6.07, 6.45) is 6.07. The normalized spacial score (nSPS) is 26.7. The predicted octanol–water partition coefficient (Wildman–Crippen LogP) is 0.957. The quantitative estimate of drug-likeness (QED) is 0.824. The molecule has 3 heterocycles. The van der Waals surface area contributed by atoms with Gasteiger partial charge in [-0.25, -0.2) is 9.97 Å². The van der Waals surface area contributed by atoms with E-state index >= 15 is 0 Å².